The number of rotatable bonds is 7. The maximum absolute atomic E-state index is 12.2. The van der Waals surface area contributed by atoms with Gasteiger partial charge in [0.1, 0.15) is 5.75 Å². The van der Waals surface area contributed by atoms with Crippen molar-refractivity contribution in [2.45, 2.75) is 17.7 Å². The quantitative estimate of drug-likeness (QED) is 0.630. The number of halogens is 3. The first-order chi connectivity index (χ1) is 13.3. The third kappa shape index (κ3) is 7.13. The summed E-state index contributed by atoms with van der Waals surface area (Å²) in [5.74, 6) is -0.894. The maximum atomic E-state index is 12.2. The number of amides is 1. The number of carbonyl (C=O) groups excluding carboxylic acids is 1. The molecule has 1 N–H and O–H groups in total. The summed E-state index contributed by atoms with van der Waals surface area (Å²) < 4.78 is 90.8. The largest absolute Gasteiger partial charge is 0.573 e. The average molecular weight is 459 g/mol. The van der Waals surface area contributed by atoms with Crippen LogP contribution >= 0.6 is 0 Å². The molecule has 0 aliphatic carbocycles. The van der Waals surface area contributed by atoms with Gasteiger partial charge in [0.05, 0.1) is 11.2 Å². The van der Waals surface area contributed by atoms with Crippen molar-refractivity contribution in [3.8, 4) is 5.75 Å². The Labute approximate surface area is 166 Å². The van der Waals surface area contributed by atoms with Gasteiger partial charge in [0.15, 0.2) is 0 Å². The molecule has 2 rings (SSSR count). The minimum Gasteiger partial charge on any atom is -0.406 e. The van der Waals surface area contributed by atoms with E-state index in [1.165, 1.54) is 9.21 Å². The molecule has 1 fully saturated rings. The maximum Gasteiger partial charge on any atom is 0.573 e. The zero-order valence-corrected chi connectivity index (χ0v) is 17.0. The fraction of sp³-hybridized carbons (Fsp3) is 0.533. The second-order valence-corrected chi connectivity index (χ2v) is 9.96. The van der Waals surface area contributed by atoms with E-state index >= 15 is 0 Å². The highest BCUT2D eigenvalue weighted by molar-refractivity contribution is 7.89. The van der Waals surface area contributed by atoms with Gasteiger partial charge >= 0.3 is 6.36 Å². The smallest absolute Gasteiger partial charge is 0.406 e. The summed E-state index contributed by atoms with van der Waals surface area (Å²) in [6.45, 7) is 0.540. The van der Waals surface area contributed by atoms with Crippen molar-refractivity contribution in [3.63, 3.8) is 0 Å². The molecule has 1 aliphatic heterocycles. The number of hydrogen-bond acceptors (Lipinski definition) is 6. The van der Waals surface area contributed by atoms with Crippen LogP contribution in [0.2, 0.25) is 0 Å². The van der Waals surface area contributed by atoms with Crippen LogP contribution in [0, 0.1) is 0 Å². The highest BCUT2D eigenvalue weighted by Gasteiger charge is 2.31. The highest BCUT2D eigenvalue weighted by Crippen LogP contribution is 2.23. The molecule has 9 nitrogen and oxygen atoms in total. The minimum atomic E-state index is -4.88. The Balaban J connectivity index is 1.84. The number of hydrogen-bond donors (Lipinski definition) is 1. The lowest BCUT2D eigenvalue weighted by Gasteiger charge is -2.33. The van der Waals surface area contributed by atoms with Gasteiger partial charge in [-0.2, -0.15) is 4.31 Å². The van der Waals surface area contributed by atoms with Crippen LogP contribution in [0.4, 0.5) is 13.2 Å². The predicted octanol–water partition coefficient (Wildman–Crippen LogP) is 0.357. The summed E-state index contributed by atoms with van der Waals surface area (Å²) in [5.41, 5.74) is 0. The third-order valence-electron chi connectivity index (χ3n) is 4.06. The van der Waals surface area contributed by atoms with Crippen LogP contribution in [0.1, 0.15) is 6.42 Å². The molecule has 0 unspecified atom stereocenters. The number of nitrogens with zero attached hydrogens (tertiary/aromatic N) is 2. The van der Waals surface area contributed by atoms with Gasteiger partial charge in [-0.1, -0.05) is 0 Å². The zero-order valence-electron chi connectivity index (χ0n) is 15.3. The number of benzene rings is 1. The van der Waals surface area contributed by atoms with E-state index < -0.39 is 32.2 Å². The molecule has 0 aromatic heterocycles. The van der Waals surface area contributed by atoms with Crippen molar-refractivity contribution in [3.05, 3.63) is 24.3 Å². The molecule has 0 atom stereocenters. The Morgan fingerprint density at radius 2 is 1.62 bits per heavy atom. The number of nitrogens with one attached hydrogen (secondary N) is 1. The van der Waals surface area contributed by atoms with E-state index in [2.05, 4.69) is 9.46 Å². The topological polar surface area (TPSA) is 113 Å². The number of piperazine rings is 1. The molecule has 1 aromatic carbocycles. The number of ether oxygens (including phenoxy) is 1. The molecule has 1 aliphatic rings. The fourth-order valence-electron chi connectivity index (χ4n) is 2.62. The number of sulfonamides is 2. The second kappa shape index (κ2) is 8.85. The van der Waals surface area contributed by atoms with Gasteiger partial charge in [-0.3, -0.25) is 4.79 Å². The highest BCUT2D eigenvalue weighted by atomic mass is 32.2. The van der Waals surface area contributed by atoms with Crippen molar-refractivity contribution in [1.82, 2.24) is 13.9 Å². The fourth-order valence-corrected chi connectivity index (χ4v) is 4.48. The molecule has 29 heavy (non-hydrogen) atoms. The predicted molar refractivity (Wildman–Crippen MR) is 95.9 cm³/mol. The van der Waals surface area contributed by atoms with Crippen LogP contribution in [0.3, 0.4) is 0 Å². The molecule has 14 heteroatoms. The molecule has 1 aromatic rings. The van der Waals surface area contributed by atoms with E-state index in [9.17, 15) is 34.8 Å². The molecular formula is C15H20F3N3O6S2. The summed E-state index contributed by atoms with van der Waals surface area (Å²) in [6, 6.07) is 3.65. The number of carbonyl (C=O) groups is 1. The first-order valence-electron chi connectivity index (χ1n) is 8.36. The minimum absolute atomic E-state index is 0.145. The summed E-state index contributed by atoms with van der Waals surface area (Å²) in [7, 11) is -7.34. The summed E-state index contributed by atoms with van der Waals surface area (Å²) in [5, 5.41) is 0. The van der Waals surface area contributed by atoms with Crippen LogP contribution in [-0.4, -0.2) is 77.3 Å². The van der Waals surface area contributed by atoms with Crippen LogP contribution < -0.4 is 9.46 Å². The lowest BCUT2D eigenvalue weighted by Crippen LogP contribution is -2.50. The van der Waals surface area contributed by atoms with Gasteiger partial charge in [0.25, 0.3) is 0 Å². The molecule has 1 heterocycles. The van der Waals surface area contributed by atoms with Gasteiger partial charge in [-0.15, -0.1) is 13.2 Å². The van der Waals surface area contributed by atoms with Crippen LogP contribution in [0.25, 0.3) is 0 Å². The Kier molecular flexibility index (Phi) is 7.14. The van der Waals surface area contributed by atoms with Gasteiger partial charge in [-0.25, -0.2) is 21.6 Å². The second-order valence-electron chi connectivity index (χ2n) is 6.21. The van der Waals surface area contributed by atoms with Crippen LogP contribution in [0.15, 0.2) is 29.2 Å². The standard InChI is InChI=1S/C15H20F3N3O6S2/c1-28(23,24)21-10-8-20(9-11-21)14(22)6-7-19-29(25,26)13-4-2-12(3-5-13)27-15(16,17)18/h2-5,19H,6-11H2,1H3. The van der Waals surface area contributed by atoms with E-state index in [0.717, 1.165) is 30.5 Å². The van der Waals surface area contributed by atoms with E-state index in [4.69, 9.17) is 0 Å². The lowest BCUT2D eigenvalue weighted by atomic mass is 10.3. The third-order valence-corrected chi connectivity index (χ3v) is 6.84. The average Bonchev–Trinajstić information content (AvgIpc) is 2.60. The normalized spacial score (nSPS) is 16.6. The molecule has 0 bridgehead atoms. The molecule has 1 amide bonds. The summed E-state index contributed by atoms with van der Waals surface area (Å²) in [6.07, 6.45) is -3.94. The summed E-state index contributed by atoms with van der Waals surface area (Å²) >= 11 is 0. The summed E-state index contributed by atoms with van der Waals surface area (Å²) in [4.78, 5) is 13.3. The van der Waals surface area contributed by atoms with Crippen molar-refractivity contribution in [1.29, 1.82) is 0 Å². The molecule has 1 saturated heterocycles. The van der Waals surface area contributed by atoms with Gasteiger partial charge in [-0.05, 0) is 24.3 Å². The molecule has 0 radical (unpaired) electrons. The molecular weight excluding hydrogens is 439 g/mol. The van der Waals surface area contributed by atoms with E-state index in [1.54, 1.807) is 0 Å². The molecule has 0 saturated carbocycles. The molecule has 0 spiro atoms. The first-order valence-corrected chi connectivity index (χ1v) is 11.7. The van der Waals surface area contributed by atoms with Gasteiger partial charge in [0.2, 0.25) is 26.0 Å². The van der Waals surface area contributed by atoms with Crippen molar-refractivity contribution >= 4 is 26.0 Å². The zero-order chi connectivity index (χ0) is 21.9. The monoisotopic (exact) mass is 459 g/mol. The number of alkyl halides is 3. The first kappa shape index (κ1) is 23.4. The van der Waals surface area contributed by atoms with Gasteiger partial charge in [0, 0.05) is 39.1 Å². The van der Waals surface area contributed by atoms with Crippen molar-refractivity contribution in [2.75, 3.05) is 39.0 Å². The van der Waals surface area contributed by atoms with Crippen LogP contribution in [0.5, 0.6) is 5.75 Å². The SMILES string of the molecule is CS(=O)(=O)N1CCN(C(=O)CCNS(=O)(=O)c2ccc(OC(F)(F)F)cc2)CC1. The van der Waals surface area contributed by atoms with Crippen LogP contribution in [-0.2, 0) is 24.8 Å². The van der Waals surface area contributed by atoms with E-state index in [1.807, 2.05) is 0 Å². The molecule has 164 valence electrons. The van der Waals surface area contributed by atoms with Crippen molar-refractivity contribution < 1.29 is 39.5 Å². The lowest BCUT2D eigenvalue weighted by molar-refractivity contribution is -0.274. The van der Waals surface area contributed by atoms with Gasteiger partial charge < -0.3 is 9.64 Å². The van der Waals surface area contributed by atoms with Crippen molar-refractivity contribution in [2.24, 2.45) is 0 Å². The van der Waals surface area contributed by atoms with E-state index in [0.29, 0.717) is 0 Å². The Morgan fingerprint density at radius 1 is 1.07 bits per heavy atom. The Morgan fingerprint density at radius 3 is 2.10 bits per heavy atom. The van der Waals surface area contributed by atoms with E-state index in [-0.39, 0.29) is 49.9 Å². The Hall–Kier alpha value is -1.90. The Bertz CT molecular complexity index is 925.